The molecule has 118 valence electrons. The van der Waals surface area contributed by atoms with Gasteiger partial charge in [-0.05, 0) is 13.0 Å². The van der Waals surface area contributed by atoms with Crippen molar-refractivity contribution >= 4 is 9.84 Å². The van der Waals surface area contributed by atoms with Gasteiger partial charge in [-0.3, -0.25) is 0 Å². The van der Waals surface area contributed by atoms with E-state index in [9.17, 15) is 17.2 Å². The lowest BCUT2D eigenvalue weighted by molar-refractivity contribution is -0.286. The number of ether oxygens (including phenoxy) is 2. The van der Waals surface area contributed by atoms with Crippen molar-refractivity contribution < 1.29 is 31.2 Å². The topological polar surface area (TPSA) is 78.6 Å². The number of para-hydroxylation sites is 1. The Morgan fingerprint density at radius 2 is 1.91 bits per heavy atom. The normalized spacial score (nSPS) is 16.0. The second-order valence-corrected chi connectivity index (χ2v) is 6.92. The minimum absolute atomic E-state index is 0.115. The fraction of sp³-hybridized carbons (Fsp3) is 0.308. The second-order valence-electron chi connectivity index (χ2n) is 4.85. The first-order valence-electron chi connectivity index (χ1n) is 6.24. The summed E-state index contributed by atoms with van der Waals surface area (Å²) in [5.74, 6) is -0.798. The highest BCUT2D eigenvalue weighted by Crippen LogP contribution is 2.43. The molecule has 2 aromatic rings. The van der Waals surface area contributed by atoms with Gasteiger partial charge in [0.15, 0.2) is 21.3 Å². The minimum Gasteiger partial charge on any atom is -0.395 e. The summed E-state index contributed by atoms with van der Waals surface area (Å²) in [6.07, 6.45) is -2.47. The van der Waals surface area contributed by atoms with Gasteiger partial charge in [0.2, 0.25) is 0 Å². The molecule has 0 N–H and O–H groups in total. The molecule has 1 aromatic heterocycles. The Morgan fingerprint density at radius 3 is 2.59 bits per heavy atom. The number of aromatic nitrogens is 1. The lowest BCUT2D eigenvalue weighted by atomic mass is 10.2. The van der Waals surface area contributed by atoms with E-state index < -0.39 is 21.9 Å². The SMILES string of the molecule is Cc1oncc1CS(=O)(=O)Cc1cccc2c1OC(F)(F)O2. The van der Waals surface area contributed by atoms with E-state index in [4.69, 9.17) is 4.52 Å². The summed E-state index contributed by atoms with van der Waals surface area (Å²) in [7, 11) is -3.62. The lowest BCUT2D eigenvalue weighted by Gasteiger charge is -2.07. The first-order chi connectivity index (χ1) is 10.3. The van der Waals surface area contributed by atoms with Crippen LogP contribution in [0, 0.1) is 6.92 Å². The molecule has 0 unspecified atom stereocenters. The molecular weight excluding hydrogens is 320 g/mol. The molecule has 0 saturated carbocycles. The van der Waals surface area contributed by atoms with Gasteiger partial charge in [-0.15, -0.1) is 8.78 Å². The molecule has 0 atom stereocenters. The number of hydrogen-bond donors (Lipinski definition) is 0. The maximum atomic E-state index is 13.1. The van der Waals surface area contributed by atoms with Crippen molar-refractivity contribution in [2.24, 2.45) is 0 Å². The van der Waals surface area contributed by atoms with Gasteiger partial charge in [0.25, 0.3) is 0 Å². The molecule has 2 heterocycles. The monoisotopic (exact) mass is 331 g/mol. The van der Waals surface area contributed by atoms with Gasteiger partial charge in [0, 0.05) is 11.1 Å². The van der Waals surface area contributed by atoms with Gasteiger partial charge in [-0.25, -0.2) is 8.42 Å². The lowest BCUT2D eigenvalue weighted by Crippen LogP contribution is -2.26. The van der Waals surface area contributed by atoms with Crippen LogP contribution in [-0.2, 0) is 21.3 Å². The fourth-order valence-electron chi connectivity index (χ4n) is 2.12. The number of fused-ring (bicyclic) bond motifs is 1. The fourth-order valence-corrected chi connectivity index (χ4v) is 3.68. The first kappa shape index (κ1) is 14.8. The summed E-state index contributed by atoms with van der Waals surface area (Å²) < 4.78 is 64.1. The van der Waals surface area contributed by atoms with Crippen LogP contribution in [0.1, 0.15) is 16.9 Å². The van der Waals surface area contributed by atoms with E-state index in [2.05, 4.69) is 14.6 Å². The molecule has 0 fully saturated rings. The van der Waals surface area contributed by atoms with Crippen molar-refractivity contribution in [3.8, 4) is 11.5 Å². The molecule has 1 aliphatic heterocycles. The number of benzene rings is 1. The summed E-state index contributed by atoms with van der Waals surface area (Å²) in [6, 6.07) is 4.12. The van der Waals surface area contributed by atoms with Crippen LogP contribution >= 0.6 is 0 Å². The van der Waals surface area contributed by atoms with Gasteiger partial charge < -0.3 is 14.0 Å². The molecular formula is C13H11F2NO5S. The minimum atomic E-state index is -3.78. The summed E-state index contributed by atoms with van der Waals surface area (Å²) in [4.78, 5) is 0. The Balaban J connectivity index is 1.86. The highest BCUT2D eigenvalue weighted by Gasteiger charge is 2.44. The molecule has 0 saturated heterocycles. The van der Waals surface area contributed by atoms with Crippen LogP contribution in [0.3, 0.4) is 0 Å². The summed E-state index contributed by atoms with van der Waals surface area (Å²) in [5, 5.41) is 3.51. The van der Waals surface area contributed by atoms with E-state index >= 15 is 0 Å². The van der Waals surface area contributed by atoms with E-state index in [1.165, 1.54) is 24.4 Å². The quantitative estimate of drug-likeness (QED) is 0.856. The summed E-state index contributed by atoms with van der Waals surface area (Å²) in [5.41, 5.74) is 0.541. The smallest absolute Gasteiger partial charge is 0.395 e. The van der Waals surface area contributed by atoms with E-state index in [0.717, 1.165) is 0 Å². The van der Waals surface area contributed by atoms with Crippen LogP contribution in [0.15, 0.2) is 28.9 Å². The number of alkyl halides is 2. The van der Waals surface area contributed by atoms with E-state index in [1.807, 2.05) is 0 Å². The van der Waals surface area contributed by atoms with E-state index in [-0.39, 0.29) is 22.8 Å². The number of halogens is 2. The largest absolute Gasteiger partial charge is 0.586 e. The zero-order valence-corrected chi connectivity index (χ0v) is 12.2. The summed E-state index contributed by atoms with van der Waals surface area (Å²) in [6.45, 7) is 1.59. The van der Waals surface area contributed by atoms with Gasteiger partial charge in [-0.1, -0.05) is 17.3 Å². The number of hydrogen-bond acceptors (Lipinski definition) is 6. The van der Waals surface area contributed by atoms with Gasteiger partial charge in [0.05, 0.1) is 17.7 Å². The molecule has 6 nitrogen and oxygen atoms in total. The highest BCUT2D eigenvalue weighted by atomic mass is 32.2. The average Bonchev–Trinajstić information content (AvgIpc) is 2.91. The molecule has 3 rings (SSSR count). The van der Waals surface area contributed by atoms with E-state index in [1.54, 1.807) is 6.92 Å². The molecule has 0 bridgehead atoms. The van der Waals surface area contributed by atoms with Crippen molar-refractivity contribution in [1.29, 1.82) is 0 Å². The maximum absolute atomic E-state index is 13.1. The van der Waals surface area contributed by atoms with Crippen molar-refractivity contribution in [2.45, 2.75) is 24.7 Å². The Labute approximate surface area is 124 Å². The van der Waals surface area contributed by atoms with Crippen LogP contribution in [0.2, 0.25) is 0 Å². The Bertz CT molecular complexity index is 816. The highest BCUT2D eigenvalue weighted by molar-refractivity contribution is 7.89. The van der Waals surface area contributed by atoms with Gasteiger partial charge >= 0.3 is 6.29 Å². The summed E-state index contributed by atoms with van der Waals surface area (Å²) >= 11 is 0. The van der Waals surface area contributed by atoms with Gasteiger partial charge in [-0.2, -0.15) is 0 Å². The molecule has 0 aliphatic carbocycles. The third kappa shape index (κ3) is 2.89. The maximum Gasteiger partial charge on any atom is 0.586 e. The van der Waals surface area contributed by atoms with E-state index in [0.29, 0.717) is 11.3 Å². The molecule has 0 radical (unpaired) electrons. The van der Waals surface area contributed by atoms with Gasteiger partial charge in [0.1, 0.15) is 5.76 Å². The molecule has 0 spiro atoms. The Hall–Kier alpha value is -2.16. The van der Waals surface area contributed by atoms with Crippen molar-refractivity contribution in [1.82, 2.24) is 5.16 Å². The predicted molar refractivity (Wildman–Crippen MR) is 70.2 cm³/mol. The predicted octanol–water partition coefficient (Wildman–Crippen LogP) is 2.42. The number of rotatable bonds is 4. The van der Waals surface area contributed by atoms with Crippen molar-refractivity contribution in [3.05, 3.63) is 41.3 Å². The van der Waals surface area contributed by atoms with Crippen LogP contribution in [0.5, 0.6) is 11.5 Å². The Morgan fingerprint density at radius 1 is 1.18 bits per heavy atom. The second kappa shape index (κ2) is 4.94. The van der Waals surface area contributed by atoms with Crippen LogP contribution in [0.25, 0.3) is 0 Å². The standard InChI is InChI=1S/C13H11F2NO5S/c1-8-10(5-16-21-8)7-22(17,18)6-9-3-2-4-11-12(9)20-13(14,15)19-11/h2-5H,6-7H2,1H3. The zero-order chi connectivity index (χ0) is 16.0. The number of nitrogens with zero attached hydrogens (tertiary/aromatic N) is 1. The molecule has 22 heavy (non-hydrogen) atoms. The van der Waals surface area contributed by atoms with Crippen LogP contribution in [-0.4, -0.2) is 19.9 Å². The first-order valence-corrected chi connectivity index (χ1v) is 8.06. The Kier molecular flexibility index (Phi) is 3.32. The zero-order valence-electron chi connectivity index (χ0n) is 11.4. The number of aryl methyl sites for hydroxylation is 1. The molecule has 9 heteroatoms. The van der Waals surface area contributed by atoms with Crippen LogP contribution in [0.4, 0.5) is 8.78 Å². The molecule has 1 aliphatic rings. The third-order valence-corrected chi connectivity index (χ3v) is 4.61. The molecule has 0 amide bonds. The van der Waals surface area contributed by atoms with Crippen LogP contribution < -0.4 is 9.47 Å². The van der Waals surface area contributed by atoms with Crippen molar-refractivity contribution in [2.75, 3.05) is 0 Å². The number of sulfone groups is 1. The molecule has 1 aromatic carbocycles. The third-order valence-electron chi connectivity index (χ3n) is 3.11. The van der Waals surface area contributed by atoms with Crippen molar-refractivity contribution in [3.63, 3.8) is 0 Å². The average molecular weight is 331 g/mol.